The largest absolute Gasteiger partial charge is 0.370 e. The smallest absolute Gasteiger partial charge is 0.224 e. The molecule has 1 heterocycles. The molecule has 1 aromatic carbocycles. The first-order valence-electron chi connectivity index (χ1n) is 7.19. The van der Waals surface area contributed by atoms with Crippen molar-refractivity contribution in [2.45, 2.75) is 20.3 Å². The Morgan fingerprint density at radius 3 is 2.71 bits per heavy atom. The average Bonchev–Trinajstić information content (AvgIpc) is 2.48. The molecule has 0 aliphatic heterocycles. The lowest BCUT2D eigenvalue weighted by atomic mass is 10.1. The van der Waals surface area contributed by atoms with Gasteiger partial charge in [0.15, 0.2) is 0 Å². The fourth-order valence-electron chi connectivity index (χ4n) is 1.86. The van der Waals surface area contributed by atoms with E-state index in [1.54, 1.807) is 18.3 Å². The van der Waals surface area contributed by atoms with E-state index in [-0.39, 0.29) is 5.82 Å². The Bertz CT molecular complexity index is 572. The summed E-state index contributed by atoms with van der Waals surface area (Å²) in [5.41, 5.74) is 0.706. The average molecular weight is 288 g/mol. The second-order valence-electron chi connectivity index (χ2n) is 5.31. The van der Waals surface area contributed by atoms with Crippen LogP contribution in [0.1, 0.15) is 19.4 Å². The fourth-order valence-corrected chi connectivity index (χ4v) is 1.86. The van der Waals surface area contributed by atoms with Crippen LogP contribution in [0.3, 0.4) is 0 Å². The molecule has 112 valence electrons. The number of halogens is 1. The molecule has 0 aliphatic carbocycles. The van der Waals surface area contributed by atoms with E-state index in [1.165, 1.54) is 6.07 Å². The van der Waals surface area contributed by atoms with E-state index in [4.69, 9.17) is 0 Å². The summed E-state index contributed by atoms with van der Waals surface area (Å²) in [4.78, 5) is 8.54. The number of rotatable bonds is 7. The van der Waals surface area contributed by atoms with Crippen LogP contribution in [0.25, 0.3) is 0 Å². The molecule has 0 spiro atoms. The van der Waals surface area contributed by atoms with Gasteiger partial charge < -0.3 is 10.6 Å². The minimum atomic E-state index is -0.165. The summed E-state index contributed by atoms with van der Waals surface area (Å²) in [6.07, 6.45) is 2.33. The van der Waals surface area contributed by atoms with Crippen LogP contribution < -0.4 is 10.6 Å². The molecule has 0 radical (unpaired) electrons. The van der Waals surface area contributed by atoms with Gasteiger partial charge >= 0.3 is 0 Å². The molecule has 0 amide bonds. The lowest BCUT2D eigenvalue weighted by molar-refractivity contribution is 0.610. The van der Waals surface area contributed by atoms with Gasteiger partial charge in [0.25, 0.3) is 0 Å². The van der Waals surface area contributed by atoms with E-state index >= 15 is 0 Å². The SMILES string of the molecule is CC(C)CNc1nccc(NCCc2ccccc2F)n1. The Morgan fingerprint density at radius 1 is 1.14 bits per heavy atom. The van der Waals surface area contributed by atoms with Crippen LogP contribution in [0, 0.1) is 11.7 Å². The van der Waals surface area contributed by atoms with Gasteiger partial charge in [0, 0.05) is 19.3 Å². The molecule has 5 heteroatoms. The molecule has 0 saturated carbocycles. The molecule has 0 aliphatic rings. The van der Waals surface area contributed by atoms with Gasteiger partial charge in [-0.05, 0) is 30.0 Å². The lowest BCUT2D eigenvalue weighted by Gasteiger charge is -2.10. The van der Waals surface area contributed by atoms with Gasteiger partial charge in [0.1, 0.15) is 11.6 Å². The normalized spacial score (nSPS) is 10.7. The van der Waals surface area contributed by atoms with E-state index < -0.39 is 0 Å². The number of hydrogen-bond donors (Lipinski definition) is 2. The zero-order valence-electron chi connectivity index (χ0n) is 12.4. The van der Waals surface area contributed by atoms with Gasteiger partial charge in [-0.25, -0.2) is 9.37 Å². The van der Waals surface area contributed by atoms with Crippen molar-refractivity contribution in [2.75, 3.05) is 23.7 Å². The van der Waals surface area contributed by atoms with E-state index in [1.807, 2.05) is 12.1 Å². The summed E-state index contributed by atoms with van der Waals surface area (Å²) < 4.78 is 13.5. The molecule has 0 fully saturated rings. The van der Waals surface area contributed by atoms with Gasteiger partial charge in [-0.1, -0.05) is 32.0 Å². The van der Waals surface area contributed by atoms with E-state index in [9.17, 15) is 4.39 Å². The van der Waals surface area contributed by atoms with Crippen LogP contribution in [0.15, 0.2) is 36.5 Å². The predicted octanol–water partition coefficient (Wildman–Crippen LogP) is 3.34. The number of hydrogen-bond acceptors (Lipinski definition) is 4. The van der Waals surface area contributed by atoms with Crippen LogP contribution >= 0.6 is 0 Å². The molecule has 2 rings (SSSR count). The standard InChI is InChI=1S/C16H21FN4/c1-12(2)11-20-16-19-10-8-15(21-16)18-9-7-13-5-3-4-6-14(13)17/h3-6,8,10,12H,7,9,11H2,1-2H3,(H2,18,19,20,21). The van der Waals surface area contributed by atoms with E-state index in [0.717, 1.165) is 12.4 Å². The highest BCUT2D eigenvalue weighted by Gasteiger charge is 2.02. The predicted molar refractivity (Wildman–Crippen MR) is 84.0 cm³/mol. The number of benzene rings is 1. The topological polar surface area (TPSA) is 49.8 Å². The molecular weight excluding hydrogens is 267 g/mol. The quantitative estimate of drug-likeness (QED) is 0.820. The third-order valence-electron chi connectivity index (χ3n) is 2.98. The van der Waals surface area contributed by atoms with Gasteiger partial charge in [-0.3, -0.25) is 0 Å². The second-order valence-corrected chi connectivity index (χ2v) is 5.31. The van der Waals surface area contributed by atoms with Crippen molar-refractivity contribution in [3.05, 3.63) is 47.9 Å². The zero-order chi connectivity index (χ0) is 15.1. The number of aromatic nitrogens is 2. The van der Waals surface area contributed by atoms with Crippen molar-refractivity contribution in [3.63, 3.8) is 0 Å². The highest BCUT2D eigenvalue weighted by Crippen LogP contribution is 2.09. The molecule has 0 bridgehead atoms. The minimum absolute atomic E-state index is 0.165. The summed E-state index contributed by atoms with van der Waals surface area (Å²) in [7, 11) is 0. The molecule has 0 atom stereocenters. The molecule has 2 aromatic rings. The van der Waals surface area contributed by atoms with Crippen molar-refractivity contribution >= 4 is 11.8 Å². The zero-order valence-corrected chi connectivity index (χ0v) is 12.4. The number of nitrogens with one attached hydrogen (secondary N) is 2. The van der Waals surface area contributed by atoms with Crippen molar-refractivity contribution in [1.82, 2.24) is 9.97 Å². The molecule has 21 heavy (non-hydrogen) atoms. The van der Waals surface area contributed by atoms with Crippen LogP contribution in [0.2, 0.25) is 0 Å². The monoisotopic (exact) mass is 288 g/mol. The molecule has 2 N–H and O–H groups in total. The summed E-state index contributed by atoms with van der Waals surface area (Å²) in [5.74, 6) is 1.72. The van der Waals surface area contributed by atoms with Gasteiger partial charge in [-0.15, -0.1) is 0 Å². The van der Waals surface area contributed by atoms with Crippen molar-refractivity contribution < 1.29 is 4.39 Å². The summed E-state index contributed by atoms with van der Waals surface area (Å²) >= 11 is 0. The Hall–Kier alpha value is -2.17. The third-order valence-corrected chi connectivity index (χ3v) is 2.98. The summed E-state index contributed by atoms with van der Waals surface area (Å²) in [5, 5.41) is 6.37. The number of nitrogens with zero attached hydrogens (tertiary/aromatic N) is 2. The maximum atomic E-state index is 13.5. The molecule has 0 unspecified atom stereocenters. The summed E-state index contributed by atoms with van der Waals surface area (Å²) in [6, 6.07) is 8.63. The second kappa shape index (κ2) is 7.57. The molecular formula is C16H21FN4. The van der Waals surface area contributed by atoms with Crippen LogP contribution in [-0.4, -0.2) is 23.1 Å². The third kappa shape index (κ3) is 5.02. The van der Waals surface area contributed by atoms with Crippen LogP contribution in [0.4, 0.5) is 16.2 Å². The Balaban J connectivity index is 1.86. The maximum Gasteiger partial charge on any atom is 0.224 e. The molecule has 0 saturated heterocycles. The lowest BCUT2D eigenvalue weighted by Crippen LogP contribution is -2.12. The summed E-state index contributed by atoms with van der Waals surface area (Å²) in [6.45, 7) is 5.72. The first-order valence-corrected chi connectivity index (χ1v) is 7.19. The molecule has 1 aromatic heterocycles. The first-order chi connectivity index (χ1) is 10.1. The van der Waals surface area contributed by atoms with E-state index in [0.29, 0.717) is 30.4 Å². The Morgan fingerprint density at radius 2 is 1.95 bits per heavy atom. The number of anilines is 2. The maximum absolute atomic E-state index is 13.5. The Kier molecular flexibility index (Phi) is 5.49. The highest BCUT2D eigenvalue weighted by atomic mass is 19.1. The van der Waals surface area contributed by atoms with Crippen LogP contribution in [0.5, 0.6) is 0 Å². The van der Waals surface area contributed by atoms with Crippen molar-refractivity contribution in [3.8, 4) is 0 Å². The van der Waals surface area contributed by atoms with Gasteiger partial charge in [-0.2, -0.15) is 4.98 Å². The van der Waals surface area contributed by atoms with Crippen molar-refractivity contribution in [1.29, 1.82) is 0 Å². The first kappa shape index (κ1) is 15.2. The van der Waals surface area contributed by atoms with Crippen LogP contribution in [-0.2, 0) is 6.42 Å². The van der Waals surface area contributed by atoms with E-state index in [2.05, 4.69) is 34.4 Å². The van der Waals surface area contributed by atoms with Gasteiger partial charge in [0.05, 0.1) is 0 Å². The highest BCUT2D eigenvalue weighted by molar-refractivity contribution is 5.39. The van der Waals surface area contributed by atoms with Crippen molar-refractivity contribution in [2.24, 2.45) is 5.92 Å². The minimum Gasteiger partial charge on any atom is -0.370 e. The fraction of sp³-hybridized carbons (Fsp3) is 0.375. The molecule has 4 nitrogen and oxygen atoms in total. The Labute approximate surface area is 124 Å². The van der Waals surface area contributed by atoms with Gasteiger partial charge in [0.2, 0.25) is 5.95 Å².